The van der Waals surface area contributed by atoms with Crippen molar-refractivity contribution in [3.63, 3.8) is 0 Å². The summed E-state index contributed by atoms with van der Waals surface area (Å²) in [5, 5.41) is 10.5. The molecule has 1 atom stereocenters. The van der Waals surface area contributed by atoms with Gasteiger partial charge in [-0.15, -0.1) is 0 Å². The van der Waals surface area contributed by atoms with Gasteiger partial charge in [0.25, 0.3) is 5.91 Å². The maximum atomic E-state index is 13.0. The van der Waals surface area contributed by atoms with E-state index in [9.17, 15) is 14.7 Å². The lowest BCUT2D eigenvalue weighted by Gasteiger charge is -2.33. The van der Waals surface area contributed by atoms with E-state index in [0.717, 1.165) is 16.7 Å². The van der Waals surface area contributed by atoms with Gasteiger partial charge in [-0.1, -0.05) is 36.4 Å². The first-order valence-corrected chi connectivity index (χ1v) is 9.31. The highest BCUT2D eigenvalue weighted by molar-refractivity contribution is 6.14. The van der Waals surface area contributed by atoms with Gasteiger partial charge in [0.2, 0.25) is 0 Å². The standard InChI is InChI=1S/C23H21NO5/c1-28-18-12-15-10-11-24-21(16(15)13-19(18)29-2)20(22(26)23(24)27)17(25)9-8-14-6-4-3-5-7-14/h3-9,12-13,21,26H,10-11H2,1-2H3/b9-8+. The molecular formula is C23H21NO5. The number of carbonyl (C=O) groups is 2. The van der Waals surface area contributed by atoms with Crippen LogP contribution in [0.1, 0.15) is 22.7 Å². The second-order valence-corrected chi connectivity index (χ2v) is 6.93. The maximum Gasteiger partial charge on any atom is 0.290 e. The maximum absolute atomic E-state index is 13.0. The second-order valence-electron chi connectivity index (χ2n) is 6.93. The molecule has 1 N–H and O–H groups in total. The van der Waals surface area contributed by atoms with Crippen molar-refractivity contribution in [3.8, 4) is 11.5 Å². The summed E-state index contributed by atoms with van der Waals surface area (Å²) < 4.78 is 10.8. The van der Waals surface area contributed by atoms with Crippen LogP contribution < -0.4 is 9.47 Å². The third-order valence-corrected chi connectivity index (χ3v) is 5.36. The van der Waals surface area contributed by atoms with Gasteiger partial charge in [0.15, 0.2) is 23.0 Å². The van der Waals surface area contributed by atoms with E-state index in [2.05, 4.69) is 0 Å². The summed E-state index contributed by atoms with van der Waals surface area (Å²) in [4.78, 5) is 27.1. The fraction of sp³-hybridized carbons (Fsp3) is 0.217. The van der Waals surface area contributed by atoms with Gasteiger partial charge >= 0.3 is 0 Å². The summed E-state index contributed by atoms with van der Waals surface area (Å²) in [6.45, 7) is 0.412. The first kappa shape index (κ1) is 18.8. The molecule has 2 aromatic rings. The molecule has 6 nitrogen and oxygen atoms in total. The van der Waals surface area contributed by atoms with Gasteiger partial charge in [-0.3, -0.25) is 9.59 Å². The summed E-state index contributed by atoms with van der Waals surface area (Å²) in [5.74, 6) is -0.297. The van der Waals surface area contributed by atoms with Gasteiger partial charge in [-0.25, -0.2) is 0 Å². The molecule has 1 unspecified atom stereocenters. The third-order valence-electron chi connectivity index (χ3n) is 5.36. The molecule has 148 valence electrons. The molecule has 0 aromatic heterocycles. The lowest BCUT2D eigenvalue weighted by atomic mass is 9.87. The highest BCUT2D eigenvalue weighted by Crippen LogP contribution is 2.45. The Bertz CT molecular complexity index is 1040. The number of nitrogens with zero attached hydrogens (tertiary/aromatic N) is 1. The fourth-order valence-corrected chi connectivity index (χ4v) is 3.93. The molecule has 6 heteroatoms. The molecule has 1 amide bonds. The smallest absolute Gasteiger partial charge is 0.290 e. The number of ether oxygens (including phenoxy) is 2. The van der Waals surface area contributed by atoms with Crippen LogP contribution in [-0.4, -0.2) is 42.5 Å². The number of benzene rings is 2. The van der Waals surface area contributed by atoms with Crippen molar-refractivity contribution < 1.29 is 24.2 Å². The summed E-state index contributed by atoms with van der Waals surface area (Å²) in [6, 6.07) is 12.4. The molecule has 0 spiro atoms. The van der Waals surface area contributed by atoms with Gasteiger partial charge in [0.1, 0.15) is 0 Å². The Balaban J connectivity index is 1.76. The van der Waals surface area contributed by atoms with Crippen molar-refractivity contribution in [2.75, 3.05) is 20.8 Å². The number of carbonyl (C=O) groups excluding carboxylic acids is 2. The first-order valence-electron chi connectivity index (χ1n) is 9.31. The Morgan fingerprint density at radius 2 is 1.83 bits per heavy atom. The predicted molar refractivity (Wildman–Crippen MR) is 108 cm³/mol. The van der Waals surface area contributed by atoms with E-state index < -0.39 is 23.5 Å². The number of rotatable bonds is 5. The zero-order valence-corrected chi connectivity index (χ0v) is 16.2. The molecular weight excluding hydrogens is 370 g/mol. The van der Waals surface area contributed by atoms with Crippen LogP contribution in [0, 0.1) is 0 Å². The highest BCUT2D eigenvalue weighted by Gasteiger charge is 2.45. The molecule has 29 heavy (non-hydrogen) atoms. The largest absolute Gasteiger partial charge is 0.503 e. The zero-order valence-electron chi connectivity index (χ0n) is 16.2. The van der Waals surface area contributed by atoms with E-state index in [0.29, 0.717) is 24.5 Å². The molecule has 2 aliphatic heterocycles. The monoisotopic (exact) mass is 391 g/mol. The predicted octanol–water partition coefficient (Wildman–Crippen LogP) is 3.24. The summed E-state index contributed by atoms with van der Waals surface area (Å²) >= 11 is 0. The number of aliphatic hydroxyl groups is 1. The van der Waals surface area contributed by atoms with Crippen LogP contribution in [0.5, 0.6) is 11.5 Å². The van der Waals surface area contributed by atoms with Crippen molar-refractivity contribution in [1.29, 1.82) is 0 Å². The van der Waals surface area contributed by atoms with E-state index in [1.54, 1.807) is 19.3 Å². The van der Waals surface area contributed by atoms with Gasteiger partial charge < -0.3 is 19.5 Å². The molecule has 0 bridgehead atoms. The number of hydrogen-bond donors (Lipinski definition) is 1. The molecule has 0 aliphatic carbocycles. The molecule has 0 radical (unpaired) electrons. The minimum Gasteiger partial charge on any atom is -0.503 e. The lowest BCUT2D eigenvalue weighted by molar-refractivity contribution is -0.129. The van der Waals surface area contributed by atoms with Crippen LogP contribution in [0.15, 0.2) is 59.9 Å². The quantitative estimate of drug-likeness (QED) is 0.792. The van der Waals surface area contributed by atoms with Gasteiger partial charge in [-0.05, 0) is 41.3 Å². The molecule has 0 fully saturated rings. The van der Waals surface area contributed by atoms with Crippen LogP contribution in [0.25, 0.3) is 6.08 Å². The Kier molecular flexibility index (Phi) is 4.84. The number of amides is 1. The normalized spacial score (nSPS) is 18.1. The Morgan fingerprint density at radius 1 is 1.14 bits per heavy atom. The Morgan fingerprint density at radius 3 is 2.52 bits per heavy atom. The molecule has 4 rings (SSSR count). The minimum atomic E-state index is -0.640. The number of allylic oxidation sites excluding steroid dienone is 1. The van der Waals surface area contributed by atoms with Gasteiger partial charge in [0, 0.05) is 6.54 Å². The Labute approximate surface area is 168 Å². The van der Waals surface area contributed by atoms with Gasteiger partial charge in [-0.2, -0.15) is 0 Å². The van der Waals surface area contributed by atoms with E-state index >= 15 is 0 Å². The first-order chi connectivity index (χ1) is 14.0. The van der Waals surface area contributed by atoms with Crippen molar-refractivity contribution in [2.24, 2.45) is 0 Å². The highest BCUT2D eigenvalue weighted by atomic mass is 16.5. The van der Waals surface area contributed by atoms with Crippen LogP contribution in [0.3, 0.4) is 0 Å². The van der Waals surface area contributed by atoms with Crippen molar-refractivity contribution in [1.82, 2.24) is 4.90 Å². The van der Waals surface area contributed by atoms with E-state index in [4.69, 9.17) is 9.47 Å². The summed E-state index contributed by atoms with van der Waals surface area (Å²) in [7, 11) is 3.10. The van der Waals surface area contributed by atoms with Crippen molar-refractivity contribution in [2.45, 2.75) is 12.5 Å². The number of fused-ring (bicyclic) bond motifs is 3. The lowest BCUT2D eigenvalue weighted by Crippen LogP contribution is -2.36. The van der Waals surface area contributed by atoms with Crippen molar-refractivity contribution in [3.05, 3.63) is 76.6 Å². The number of ketones is 1. The SMILES string of the molecule is COc1cc2c(cc1OC)C1C(C(=O)/C=C/c3ccccc3)=C(O)C(=O)N1CC2. The summed E-state index contributed by atoms with van der Waals surface area (Å²) in [6.07, 6.45) is 3.67. The number of aliphatic hydroxyl groups excluding tert-OH is 1. The Hall–Kier alpha value is -3.54. The molecule has 2 aromatic carbocycles. The molecule has 0 saturated carbocycles. The number of methoxy groups -OCH3 is 2. The van der Waals surface area contributed by atoms with Gasteiger partial charge in [0.05, 0.1) is 25.8 Å². The van der Waals surface area contributed by atoms with Crippen LogP contribution in [0.4, 0.5) is 0 Å². The molecule has 0 saturated heterocycles. The molecule has 2 heterocycles. The van der Waals surface area contributed by atoms with E-state index in [1.807, 2.05) is 36.4 Å². The van der Waals surface area contributed by atoms with Crippen LogP contribution in [-0.2, 0) is 16.0 Å². The van der Waals surface area contributed by atoms with E-state index in [1.165, 1.54) is 18.1 Å². The third kappa shape index (κ3) is 3.16. The topological polar surface area (TPSA) is 76.1 Å². The van der Waals surface area contributed by atoms with Crippen LogP contribution in [0.2, 0.25) is 0 Å². The minimum absolute atomic E-state index is 0.0929. The second kappa shape index (κ2) is 7.47. The van der Waals surface area contributed by atoms with Crippen LogP contribution >= 0.6 is 0 Å². The van der Waals surface area contributed by atoms with Crippen molar-refractivity contribution >= 4 is 17.8 Å². The zero-order chi connectivity index (χ0) is 20.5. The van der Waals surface area contributed by atoms with E-state index in [-0.39, 0.29) is 5.57 Å². The molecule has 2 aliphatic rings. The fourth-order valence-electron chi connectivity index (χ4n) is 3.93. The average molecular weight is 391 g/mol. The average Bonchev–Trinajstić information content (AvgIpc) is 3.02. The number of hydrogen-bond acceptors (Lipinski definition) is 5. The summed E-state index contributed by atoms with van der Waals surface area (Å²) in [5.41, 5.74) is 2.68.